The largest absolute Gasteiger partial charge is 0.353 e. The molecule has 0 saturated heterocycles. The van der Waals surface area contributed by atoms with Crippen molar-refractivity contribution in [3.63, 3.8) is 0 Å². The molecule has 0 fully saturated rings. The van der Waals surface area contributed by atoms with E-state index in [9.17, 15) is 9.59 Å². The van der Waals surface area contributed by atoms with Crippen LogP contribution in [0.5, 0.6) is 0 Å². The summed E-state index contributed by atoms with van der Waals surface area (Å²) in [6, 6.07) is 7.85. The zero-order chi connectivity index (χ0) is 21.8. The Labute approximate surface area is 177 Å². The number of amides is 1. The summed E-state index contributed by atoms with van der Waals surface area (Å²) >= 11 is 0. The second-order valence-electron chi connectivity index (χ2n) is 8.84. The molecule has 3 aromatic rings. The van der Waals surface area contributed by atoms with Gasteiger partial charge in [0, 0.05) is 49.5 Å². The topological polar surface area (TPSA) is 72.2 Å². The van der Waals surface area contributed by atoms with Crippen molar-refractivity contribution in [2.45, 2.75) is 34.2 Å². The third-order valence-corrected chi connectivity index (χ3v) is 5.20. The number of para-hydroxylation sites is 1. The number of carbonyl (C=O) groups excluding carboxylic acids is 1. The van der Waals surface area contributed by atoms with Gasteiger partial charge in [-0.2, -0.15) is 5.10 Å². The molecule has 0 aliphatic rings. The van der Waals surface area contributed by atoms with E-state index in [0.29, 0.717) is 23.9 Å². The molecule has 0 atom stereocenters. The molecule has 0 aliphatic carbocycles. The van der Waals surface area contributed by atoms with Gasteiger partial charge in [-0.25, -0.2) is 4.68 Å². The lowest BCUT2D eigenvalue weighted by Crippen LogP contribution is -2.40. The van der Waals surface area contributed by atoms with E-state index in [1.807, 2.05) is 35.9 Å². The van der Waals surface area contributed by atoms with Gasteiger partial charge in [0.2, 0.25) is 5.91 Å². The molecule has 1 aromatic carbocycles. The lowest BCUT2D eigenvalue weighted by atomic mass is 10.1. The smallest absolute Gasteiger partial charge is 0.291 e. The molecule has 0 unspecified atom stereocenters. The molecule has 162 valence electrons. The Hall–Kier alpha value is -2.67. The third kappa shape index (κ3) is 4.90. The minimum absolute atomic E-state index is 0.0787. The molecule has 7 nitrogen and oxygen atoms in total. The summed E-state index contributed by atoms with van der Waals surface area (Å²) in [6.07, 6.45) is 1.68. The lowest BCUT2D eigenvalue weighted by Gasteiger charge is -2.26. The molecule has 0 saturated carbocycles. The Morgan fingerprint density at radius 2 is 1.77 bits per heavy atom. The van der Waals surface area contributed by atoms with Crippen LogP contribution in [0.2, 0.25) is 0 Å². The zero-order valence-electron chi connectivity index (χ0n) is 18.7. The maximum Gasteiger partial charge on any atom is 0.291 e. The van der Waals surface area contributed by atoms with Crippen LogP contribution in [0.4, 0.5) is 0 Å². The van der Waals surface area contributed by atoms with Crippen molar-refractivity contribution in [1.29, 1.82) is 0 Å². The first-order valence-corrected chi connectivity index (χ1v) is 10.7. The minimum atomic E-state index is -0.248. The second-order valence-corrected chi connectivity index (χ2v) is 8.84. The van der Waals surface area contributed by atoms with E-state index in [4.69, 9.17) is 0 Å². The summed E-state index contributed by atoms with van der Waals surface area (Å²) in [7, 11) is 1.87. The molecule has 1 amide bonds. The van der Waals surface area contributed by atoms with Gasteiger partial charge in [-0.1, -0.05) is 45.9 Å². The van der Waals surface area contributed by atoms with Gasteiger partial charge >= 0.3 is 0 Å². The molecule has 2 heterocycles. The van der Waals surface area contributed by atoms with Crippen LogP contribution in [0.1, 0.15) is 27.7 Å². The molecule has 0 radical (unpaired) electrons. The summed E-state index contributed by atoms with van der Waals surface area (Å²) in [4.78, 5) is 27.8. The van der Waals surface area contributed by atoms with Crippen molar-refractivity contribution >= 4 is 27.7 Å². The Morgan fingerprint density at radius 1 is 1.10 bits per heavy atom. The van der Waals surface area contributed by atoms with Crippen LogP contribution in [0.25, 0.3) is 21.8 Å². The van der Waals surface area contributed by atoms with Gasteiger partial charge in [0.25, 0.3) is 5.56 Å². The van der Waals surface area contributed by atoms with Crippen LogP contribution in [-0.2, 0) is 18.4 Å². The average molecular weight is 412 g/mol. The molecule has 0 bridgehead atoms. The van der Waals surface area contributed by atoms with Crippen molar-refractivity contribution in [2.24, 2.45) is 18.9 Å². The summed E-state index contributed by atoms with van der Waals surface area (Å²) in [5.41, 5.74) is 1.30. The highest BCUT2D eigenvalue weighted by atomic mass is 16.2. The first-order valence-electron chi connectivity index (χ1n) is 10.7. The fourth-order valence-corrected chi connectivity index (χ4v) is 4.06. The van der Waals surface area contributed by atoms with E-state index in [1.54, 1.807) is 6.20 Å². The Morgan fingerprint density at radius 3 is 2.43 bits per heavy atom. The number of aromatic nitrogens is 3. The summed E-state index contributed by atoms with van der Waals surface area (Å²) in [5, 5.41) is 8.99. The number of rotatable bonds is 9. The SMILES string of the molecule is CC(C)CN(CCNC(=O)Cn1ncc2c3ccccc3n(C)c2c1=O)CC(C)C. The number of fused-ring (bicyclic) bond motifs is 3. The molecule has 0 spiro atoms. The van der Waals surface area contributed by atoms with Crippen LogP contribution in [0.3, 0.4) is 0 Å². The minimum Gasteiger partial charge on any atom is -0.353 e. The number of hydrogen-bond donors (Lipinski definition) is 1. The first-order chi connectivity index (χ1) is 14.3. The number of hydrogen-bond acceptors (Lipinski definition) is 4. The van der Waals surface area contributed by atoms with Crippen LogP contribution in [-0.4, -0.2) is 51.3 Å². The molecular formula is C23H33N5O2. The van der Waals surface area contributed by atoms with Gasteiger partial charge in [-0.3, -0.25) is 9.59 Å². The Kier molecular flexibility index (Phi) is 6.92. The normalized spacial score (nSPS) is 12.0. The van der Waals surface area contributed by atoms with Gasteiger partial charge in [-0.05, 0) is 17.9 Å². The second kappa shape index (κ2) is 9.43. The van der Waals surface area contributed by atoms with E-state index in [-0.39, 0.29) is 18.0 Å². The molecule has 7 heteroatoms. The molecule has 3 rings (SSSR count). The maximum absolute atomic E-state index is 13.0. The maximum atomic E-state index is 13.0. The average Bonchev–Trinajstić information content (AvgIpc) is 2.96. The van der Waals surface area contributed by atoms with Gasteiger partial charge in [-0.15, -0.1) is 0 Å². The van der Waals surface area contributed by atoms with Crippen molar-refractivity contribution < 1.29 is 4.79 Å². The number of carbonyl (C=O) groups is 1. The highest BCUT2D eigenvalue weighted by molar-refractivity contribution is 6.07. The van der Waals surface area contributed by atoms with Crippen molar-refractivity contribution in [1.82, 2.24) is 24.6 Å². The van der Waals surface area contributed by atoms with Gasteiger partial charge in [0.1, 0.15) is 12.1 Å². The van der Waals surface area contributed by atoms with Gasteiger partial charge in [0.15, 0.2) is 0 Å². The first kappa shape index (κ1) is 22.0. The Balaban J connectivity index is 1.68. The van der Waals surface area contributed by atoms with Crippen LogP contribution < -0.4 is 10.9 Å². The highest BCUT2D eigenvalue weighted by Crippen LogP contribution is 2.24. The third-order valence-electron chi connectivity index (χ3n) is 5.20. The number of nitrogens with one attached hydrogen (secondary N) is 1. The fourth-order valence-electron chi connectivity index (χ4n) is 4.06. The van der Waals surface area contributed by atoms with E-state index >= 15 is 0 Å². The standard InChI is InChI=1S/C23H33N5O2/c1-16(2)13-27(14-17(3)4)11-10-24-21(29)15-28-23(30)22-19(12-25-28)18-8-6-7-9-20(18)26(22)5/h6-9,12,16-17H,10-11,13-15H2,1-5H3,(H,24,29). The summed E-state index contributed by atoms with van der Waals surface area (Å²) in [5.74, 6) is 0.960. The Bertz CT molecular complexity index is 1070. The van der Waals surface area contributed by atoms with Crippen molar-refractivity contribution in [3.8, 4) is 0 Å². The van der Waals surface area contributed by atoms with Crippen LogP contribution >= 0.6 is 0 Å². The lowest BCUT2D eigenvalue weighted by molar-refractivity contribution is -0.121. The quantitative estimate of drug-likeness (QED) is 0.588. The van der Waals surface area contributed by atoms with Gasteiger partial charge in [0.05, 0.1) is 6.20 Å². The van der Waals surface area contributed by atoms with E-state index in [0.717, 1.165) is 35.9 Å². The number of aryl methyl sites for hydroxylation is 1. The highest BCUT2D eigenvalue weighted by Gasteiger charge is 2.15. The number of benzene rings is 1. The van der Waals surface area contributed by atoms with E-state index in [2.05, 4.69) is 43.0 Å². The van der Waals surface area contributed by atoms with Crippen LogP contribution in [0.15, 0.2) is 35.3 Å². The number of nitrogens with zero attached hydrogens (tertiary/aromatic N) is 4. The van der Waals surface area contributed by atoms with E-state index in [1.165, 1.54) is 4.68 Å². The fraction of sp³-hybridized carbons (Fsp3) is 0.522. The zero-order valence-corrected chi connectivity index (χ0v) is 18.7. The molecule has 30 heavy (non-hydrogen) atoms. The van der Waals surface area contributed by atoms with Crippen LogP contribution in [0, 0.1) is 11.8 Å². The van der Waals surface area contributed by atoms with Crippen molar-refractivity contribution in [3.05, 3.63) is 40.8 Å². The van der Waals surface area contributed by atoms with E-state index < -0.39 is 0 Å². The molecule has 0 aliphatic heterocycles. The molecular weight excluding hydrogens is 378 g/mol. The monoisotopic (exact) mass is 411 g/mol. The summed E-state index contributed by atoms with van der Waals surface area (Å²) < 4.78 is 3.12. The summed E-state index contributed by atoms with van der Waals surface area (Å²) in [6.45, 7) is 12.1. The van der Waals surface area contributed by atoms with Crippen molar-refractivity contribution in [2.75, 3.05) is 26.2 Å². The predicted molar refractivity (Wildman–Crippen MR) is 122 cm³/mol. The predicted octanol–water partition coefficient (Wildman–Crippen LogP) is 2.62. The molecule has 1 N–H and O–H groups in total. The molecule has 2 aromatic heterocycles. The van der Waals surface area contributed by atoms with Gasteiger partial charge < -0.3 is 14.8 Å².